The van der Waals surface area contributed by atoms with Crippen molar-refractivity contribution in [2.24, 2.45) is 0 Å². The van der Waals surface area contributed by atoms with Gasteiger partial charge in [0.15, 0.2) is 0 Å². The molecule has 0 radical (unpaired) electrons. The number of halogens is 1. The zero-order chi connectivity index (χ0) is 17.1. The Bertz CT molecular complexity index is 770. The lowest BCUT2D eigenvalue weighted by Gasteiger charge is -2.24. The average Bonchev–Trinajstić information content (AvgIpc) is 3.05. The van der Waals surface area contributed by atoms with Gasteiger partial charge in [0.25, 0.3) is 0 Å². The molecule has 5 nitrogen and oxygen atoms in total. The van der Waals surface area contributed by atoms with Gasteiger partial charge in [0.05, 0.1) is 11.8 Å². The van der Waals surface area contributed by atoms with Gasteiger partial charge in [0, 0.05) is 37.2 Å². The molecule has 0 amide bonds. The van der Waals surface area contributed by atoms with Crippen molar-refractivity contribution in [3.63, 3.8) is 0 Å². The number of benzene rings is 1. The summed E-state index contributed by atoms with van der Waals surface area (Å²) in [5, 5.41) is 19.0. The molecule has 0 saturated carbocycles. The standard InChI is InChI=1S/C18H20FN3O2/c1-21(12-17(24)16(23)10-19)14-7-5-13(6-8-14)15-11-22-9-3-2-4-18(22)20-15/h2-9,11,16-17,23-24H,10,12H2,1H3. The first-order chi connectivity index (χ1) is 11.6. The molecule has 0 saturated heterocycles. The van der Waals surface area contributed by atoms with Crippen LogP contribution in [0.2, 0.25) is 0 Å². The largest absolute Gasteiger partial charge is 0.388 e. The third-order valence-corrected chi connectivity index (χ3v) is 4.03. The molecule has 126 valence electrons. The first-order valence-electron chi connectivity index (χ1n) is 7.76. The summed E-state index contributed by atoms with van der Waals surface area (Å²) < 4.78 is 14.3. The van der Waals surface area contributed by atoms with Crippen molar-refractivity contribution in [2.75, 3.05) is 25.2 Å². The molecule has 0 aliphatic rings. The van der Waals surface area contributed by atoms with Gasteiger partial charge in [0.2, 0.25) is 0 Å². The summed E-state index contributed by atoms with van der Waals surface area (Å²) in [6.45, 7) is -0.805. The van der Waals surface area contributed by atoms with Crippen molar-refractivity contribution < 1.29 is 14.6 Å². The van der Waals surface area contributed by atoms with E-state index in [1.165, 1.54) is 0 Å². The van der Waals surface area contributed by atoms with Crippen LogP contribution in [0.4, 0.5) is 10.1 Å². The molecule has 24 heavy (non-hydrogen) atoms. The highest BCUT2D eigenvalue weighted by atomic mass is 19.1. The predicted molar refractivity (Wildman–Crippen MR) is 91.9 cm³/mol. The van der Waals surface area contributed by atoms with Crippen LogP contribution in [0.5, 0.6) is 0 Å². The lowest BCUT2D eigenvalue weighted by atomic mass is 10.1. The molecule has 2 aromatic heterocycles. The number of anilines is 1. The highest BCUT2D eigenvalue weighted by Gasteiger charge is 2.18. The summed E-state index contributed by atoms with van der Waals surface area (Å²) in [7, 11) is 1.79. The van der Waals surface area contributed by atoms with Crippen LogP contribution < -0.4 is 4.90 Å². The van der Waals surface area contributed by atoms with E-state index in [-0.39, 0.29) is 6.54 Å². The van der Waals surface area contributed by atoms with Gasteiger partial charge in [-0.15, -0.1) is 0 Å². The molecule has 0 fully saturated rings. The number of rotatable bonds is 6. The maximum atomic E-state index is 12.4. The molecule has 0 aliphatic heterocycles. The minimum Gasteiger partial charge on any atom is -0.388 e. The highest BCUT2D eigenvalue weighted by molar-refractivity contribution is 5.65. The molecule has 0 aliphatic carbocycles. The summed E-state index contributed by atoms with van der Waals surface area (Å²) in [6, 6.07) is 13.6. The quantitative estimate of drug-likeness (QED) is 0.727. The number of alkyl halides is 1. The number of hydrogen-bond acceptors (Lipinski definition) is 4. The minimum atomic E-state index is -1.36. The van der Waals surface area contributed by atoms with E-state index >= 15 is 0 Å². The third-order valence-electron chi connectivity index (χ3n) is 4.03. The fourth-order valence-electron chi connectivity index (χ4n) is 2.57. The van der Waals surface area contributed by atoms with Crippen molar-refractivity contribution in [3.8, 4) is 11.3 Å². The van der Waals surface area contributed by atoms with E-state index in [1.807, 2.05) is 59.3 Å². The Balaban J connectivity index is 1.75. The second-order valence-electron chi connectivity index (χ2n) is 5.81. The highest BCUT2D eigenvalue weighted by Crippen LogP contribution is 2.23. The number of nitrogens with zero attached hydrogens (tertiary/aromatic N) is 3. The van der Waals surface area contributed by atoms with Crippen molar-refractivity contribution in [3.05, 3.63) is 54.9 Å². The van der Waals surface area contributed by atoms with E-state index in [2.05, 4.69) is 4.98 Å². The lowest BCUT2D eigenvalue weighted by Crippen LogP contribution is -2.38. The Labute approximate surface area is 139 Å². The van der Waals surface area contributed by atoms with Crippen LogP contribution in [0.1, 0.15) is 0 Å². The van der Waals surface area contributed by atoms with Crippen LogP contribution in [-0.4, -0.2) is 52.1 Å². The van der Waals surface area contributed by atoms with Gasteiger partial charge in [-0.05, 0) is 24.3 Å². The van der Waals surface area contributed by atoms with Crippen molar-refractivity contribution in [2.45, 2.75) is 12.2 Å². The topological polar surface area (TPSA) is 61.0 Å². The minimum absolute atomic E-state index is 0.152. The van der Waals surface area contributed by atoms with Gasteiger partial charge in [-0.2, -0.15) is 0 Å². The van der Waals surface area contributed by atoms with Crippen LogP contribution in [0.3, 0.4) is 0 Å². The Morgan fingerprint density at radius 1 is 1.12 bits per heavy atom. The zero-order valence-corrected chi connectivity index (χ0v) is 13.4. The zero-order valence-electron chi connectivity index (χ0n) is 13.4. The van der Waals surface area contributed by atoms with E-state index in [4.69, 9.17) is 0 Å². The van der Waals surface area contributed by atoms with E-state index in [1.54, 1.807) is 11.9 Å². The van der Waals surface area contributed by atoms with Gasteiger partial charge in [0.1, 0.15) is 18.4 Å². The number of imidazole rings is 1. The summed E-state index contributed by atoms with van der Waals surface area (Å²) >= 11 is 0. The fourth-order valence-corrected chi connectivity index (χ4v) is 2.57. The fraction of sp³-hybridized carbons (Fsp3) is 0.278. The smallest absolute Gasteiger partial charge is 0.137 e. The number of hydrogen-bond donors (Lipinski definition) is 2. The summed E-state index contributed by atoms with van der Waals surface area (Å²) in [6.07, 6.45) is 1.43. The van der Waals surface area contributed by atoms with Crippen molar-refractivity contribution in [1.29, 1.82) is 0 Å². The summed E-state index contributed by atoms with van der Waals surface area (Å²) in [4.78, 5) is 6.35. The van der Waals surface area contributed by atoms with Crippen molar-refractivity contribution >= 4 is 11.3 Å². The molecule has 0 bridgehead atoms. The van der Waals surface area contributed by atoms with Crippen molar-refractivity contribution in [1.82, 2.24) is 9.38 Å². The van der Waals surface area contributed by atoms with E-state index in [0.717, 1.165) is 22.6 Å². The second kappa shape index (κ2) is 6.98. The maximum Gasteiger partial charge on any atom is 0.137 e. The van der Waals surface area contributed by atoms with Crippen LogP contribution >= 0.6 is 0 Å². The number of likely N-dealkylation sites (N-methyl/N-ethyl adjacent to an activating group) is 1. The van der Waals surface area contributed by atoms with Gasteiger partial charge in [-0.3, -0.25) is 0 Å². The number of aliphatic hydroxyl groups is 2. The van der Waals surface area contributed by atoms with E-state index in [9.17, 15) is 14.6 Å². The predicted octanol–water partition coefficient (Wildman–Crippen LogP) is 2.13. The first kappa shape index (κ1) is 16.4. The number of pyridine rings is 1. The van der Waals surface area contributed by atoms with Gasteiger partial charge < -0.3 is 19.5 Å². The van der Waals surface area contributed by atoms with Crippen LogP contribution in [-0.2, 0) is 0 Å². The maximum absolute atomic E-state index is 12.4. The molecule has 2 heterocycles. The SMILES string of the molecule is CN(CC(O)C(O)CF)c1ccc(-c2cn3ccccc3n2)cc1. The van der Waals surface area contributed by atoms with Crippen LogP contribution in [0.25, 0.3) is 16.9 Å². The van der Waals surface area contributed by atoms with E-state index in [0.29, 0.717) is 0 Å². The second-order valence-corrected chi connectivity index (χ2v) is 5.81. The molecule has 0 spiro atoms. The Morgan fingerprint density at radius 3 is 2.54 bits per heavy atom. The molecule has 2 atom stereocenters. The molecule has 2 unspecified atom stereocenters. The monoisotopic (exact) mass is 329 g/mol. The molecule has 3 aromatic rings. The lowest BCUT2D eigenvalue weighted by molar-refractivity contribution is 0.0102. The van der Waals surface area contributed by atoms with Gasteiger partial charge in [-0.25, -0.2) is 9.37 Å². The van der Waals surface area contributed by atoms with Gasteiger partial charge in [-0.1, -0.05) is 18.2 Å². The summed E-state index contributed by atoms with van der Waals surface area (Å²) in [5.74, 6) is 0. The molecular weight excluding hydrogens is 309 g/mol. The molecule has 6 heteroatoms. The Morgan fingerprint density at radius 2 is 1.88 bits per heavy atom. The summed E-state index contributed by atoms with van der Waals surface area (Å²) in [5.41, 5.74) is 3.62. The third kappa shape index (κ3) is 3.39. The molecule has 3 rings (SSSR count). The molecular formula is C18H20FN3O2. The number of fused-ring (bicyclic) bond motifs is 1. The Kier molecular flexibility index (Phi) is 4.78. The van der Waals surface area contributed by atoms with Crippen LogP contribution in [0, 0.1) is 0 Å². The number of aromatic nitrogens is 2. The van der Waals surface area contributed by atoms with Crippen LogP contribution in [0.15, 0.2) is 54.9 Å². The average molecular weight is 329 g/mol. The van der Waals surface area contributed by atoms with E-state index < -0.39 is 18.9 Å². The first-order valence-corrected chi connectivity index (χ1v) is 7.76. The van der Waals surface area contributed by atoms with Gasteiger partial charge >= 0.3 is 0 Å². The number of aliphatic hydroxyl groups excluding tert-OH is 2. The molecule has 1 aromatic carbocycles. The molecule has 2 N–H and O–H groups in total. The Hall–Kier alpha value is -2.44. The normalized spacial score (nSPS) is 13.8.